The lowest BCUT2D eigenvalue weighted by molar-refractivity contribution is 0.0853. The molecule has 0 spiro atoms. The number of hydrogen-bond acceptors (Lipinski definition) is 2. The van der Waals surface area contributed by atoms with Crippen molar-refractivity contribution in [3.63, 3.8) is 0 Å². The maximum atomic E-state index is 13.0. The average Bonchev–Trinajstić information content (AvgIpc) is 2.02. The van der Waals surface area contributed by atoms with Crippen LogP contribution < -0.4 is 0 Å². The van der Waals surface area contributed by atoms with Crippen molar-refractivity contribution in [2.45, 2.75) is 20.8 Å². The molecule has 0 radical (unpaired) electrons. The Kier molecular flexibility index (Phi) is 2.45. The van der Waals surface area contributed by atoms with Gasteiger partial charge in [-0.05, 0) is 12.1 Å². The summed E-state index contributed by atoms with van der Waals surface area (Å²) in [4.78, 5) is 15.0. The van der Waals surface area contributed by atoms with Gasteiger partial charge < -0.3 is 0 Å². The topological polar surface area (TPSA) is 30.0 Å². The zero-order valence-corrected chi connectivity index (χ0v) is 7.97. The molecule has 3 heteroatoms. The van der Waals surface area contributed by atoms with E-state index in [0.717, 1.165) is 0 Å². The molecule has 0 bridgehead atoms. The molecule has 0 aliphatic heterocycles. The second-order valence-electron chi connectivity index (χ2n) is 3.92. The molecule has 1 rings (SSSR count). The highest BCUT2D eigenvalue weighted by atomic mass is 19.1. The number of carbonyl (C=O) groups is 1. The van der Waals surface area contributed by atoms with Gasteiger partial charge in [0.15, 0.2) is 5.78 Å². The predicted octanol–water partition coefficient (Wildman–Crippen LogP) is 2.45. The standard InChI is InChI=1S/C10H12FNO/c1-10(2,3)8(13)7-5-4-6-12-9(7)11/h4-6H,1-3H3. The van der Waals surface area contributed by atoms with E-state index in [1.165, 1.54) is 12.3 Å². The molecular formula is C10H12FNO. The van der Waals surface area contributed by atoms with Crippen LogP contribution >= 0.6 is 0 Å². The molecule has 0 saturated carbocycles. The lowest BCUT2D eigenvalue weighted by Crippen LogP contribution is -2.21. The van der Waals surface area contributed by atoms with Crippen molar-refractivity contribution in [2.75, 3.05) is 0 Å². The molecule has 0 unspecified atom stereocenters. The first-order chi connectivity index (χ1) is 5.93. The van der Waals surface area contributed by atoms with Gasteiger partial charge >= 0.3 is 0 Å². The van der Waals surface area contributed by atoms with Crippen LogP contribution in [0.25, 0.3) is 0 Å². The molecule has 70 valence electrons. The Labute approximate surface area is 76.8 Å². The summed E-state index contributed by atoms with van der Waals surface area (Å²) in [5.74, 6) is -0.916. The summed E-state index contributed by atoms with van der Waals surface area (Å²) in [6.07, 6.45) is 1.33. The van der Waals surface area contributed by atoms with Crippen molar-refractivity contribution >= 4 is 5.78 Å². The molecule has 2 nitrogen and oxygen atoms in total. The summed E-state index contributed by atoms with van der Waals surface area (Å²) in [6.45, 7) is 5.26. The molecule has 0 fully saturated rings. The smallest absolute Gasteiger partial charge is 0.223 e. The van der Waals surface area contributed by atoms with E-state index < -0.39 is 11.4 Å². The zero-order chi connectivity index (χ0) is 10.1. The summed E-state index contributed by atoms with van der Waals surface area (Å²) >= 11 is 0. The van der Waals surface area contributed by atoms with E-state index in [0.29, 0.717) is 0 Å². The molecule has 0 N–H and O–H groups in total. The highest BCUT2D eigenvalue weighted by molar-refractivity contribution is 5.99. The molecule has 0 aliphatic carbocycles. The fourth-order valence-electron chi connectivity index (χ4n) is 0.959. The van der Waals surface area contributed by atoms with Gasteiger partial charge in [0.1, 0.15) is 0 Å². The van der Waals surface area contributed by atoms with Gasteiger partial charge in [-0.1, -0.05) is 20.8 Å². The van der Waals surface area contributed by atoms with Crippen molar-refractivity contribution in [1.29, 1.82) is 0 Å². The fourth-order valence-corrected chi connectivity index (χ4v) is 0.959. The van der Waals surface area contributed by atoms with Crippen LogP contribution in [0.4, 0.5) is 4.39 Å². The third kappa shape index (κ3) is 2.11. The maximum Gasteiger partial charge on any atom is 0.223 e. The first kappa shape index (κ1) is 9.84. The normalized spacial score (nSPS) is 11.4. The number of Topliss-reactive ketones (excluding diaryl/α,β-unsaturated/α-hetero) is 1. The number of carbonyl (C=O) groups excluding carboxylic acids is 1. The molecule has 13 heavy (non-hydrogen) atoms. The summed E-state index contributed by atoms with van der Waals surface area (Å²) in [5.41, 5.74) is -0.501. The van der Waals surface area contributed by atoms with E-state index in [1.807, 2.05) is 0 Å². The van der Waals surface area contributed by atoms with E-state index in [-0.39, 0.29) is 11.3 Å². The van der Waals surface area contributed by atoms with Crippen molar-refractivity contribution in [3.8, 4) is 0 Å². The molecule has 1 heterocycles. The van der Waals surface area contributed by atoms with Crippen molar-refractivity contribution in [3.05, 3.63) is 29.8 Å². The average molecular weight is 181 g/mol. The van der Waals surface area contributed by atoms with Crippen LogP contribution in [0.3, 0.4) is 0 Å². The lowest BCUT2D eigenvalue weighted by atomic mass is 9.87. The monoisotopic (exact) mass is 181 g/mol. The van der Waals surface area contributed by atoms with Crippen LogP contribution in [0.1, 0.15) is 31.1 Å². The van der Waals surface area contributed by atoms with Gasteiger partial charge in [0.05, 0.1) is 5.56 Å². The number of hydrogen-bond donors (Lipinski definition) is 0. The van der Waals surface area contributed by atoms with E-state index in [9.17, 15) is 9.18 Å². The lowest BCUT2D eigenvalue weighted by Gasteiger charge is -2.16. The van der Waals surface area contributed by atoms with E-state index in [2.05, 4.69) is 4.98 Å². The molecular weight excluding hydrogens is 169 g/mol. The summed E-state index contributed by atoms with van der Waals surface area (Å²) < 4.78 is 13.0. The minimum absolute atomic E-state index is 0.0648. The number of ketones is 1. The van der Waals surface area contributed by atoms with Gasteiger partial charge in [0, 0.05) is 11.6 Å². The van der Waals surface area contributed by atoms with E-state index >= 15 is 0 Å². The molecule has 1 aromatic rings. The van der Waals surface area contributed by atoms with Gasteiger partial charge in [-0.15, -0.1) is 0 Å². The largest absolute Gasteiger partial charge is 0.293 e. The second-order valence-corrected chi connectivity index (χ2v) is 3.92. The Balaban J connectivity index is 3.10. The van der Waals surface area contributed by atoms with Crippen LogP contribution in [-0.2, 0) is 0 Å². The minimum atomic E-state index is -0.692. The number of pyridine rings is 1. The fraction of sp³-hybridized carbons (Fsp3) is 0.400. The van der Waals surface area contributed by atoms with Gasteiger partial charge in [0.25, 0.3) is 0 Å². The molecule has 0 aromatic carbocycles. The van der Waals surface area contributed by atoms with Gasteiger partial charge in [0.2, 0.25) is 5.95 Å². The second kappa shape index (κ2) is 3.24. The van der Waals surface area contributed by atoms with E-state index in [4.69, 9.17) is 0 Å². The number of halogens is 1. The SMILES string of the molecule is CC(C)(C)C(=O)c1cccnc1F. The van der Waals surface area contributed by atoms with Crippen molar-refractivity contribution in [2.24, 2.45) is 5.41 Å². The highest BCUT2D eigenvalue weighted by Crippen LogP contribution is 2.21. The first-order valence-corrected chi connectivity index (χ1v) is 4.08. The Morgan fingerprint density at radius 3 is 2.54 bits per heavy atom. The third-order valence-corrected chi connectivity index (χ3v) is 1.68. The van der Waals surface area contributed by atoms with E-state index in [1.54, 1.807) is 26.8 Å². The minimum Gasteiger partial charge on any atom is -0.293 e. The number of aromatic nitrogens is 1. The van der Waals surface area contributed by atoms with Gasteiger partial charge in [-0.3, -0.25) is 4.79 Å². The third-order valence-electron chi connectivity index (χ3n) is 1.68. The molecule has 0 atom stereocenters. The Bertz CT molecular complexity index is 328. The molecule has 0 aliphatic rings. The number of rotatable bonds is 1. The maximum absolute atomic E-state index is 13.0. The van der Waals surface area contributed by atoms with Gasteiger partial charge in [-0.25, -0.2) is 4.98 Å². The first-order valence-electron chi connectivity index (χ1n) is 4.08. The summed E-state index contributed by atoms with van der Waals surface area (Å²) in [6, 6.07) is 3.01. The van der Waals surface area contributed by atoms with Crippen LogP contribution in [0.5, 0.6) is 0 Å². The Morgan fingerprint density at radius 1 is 1.46 bits per heavy atom. The summed E-state index contributed by atoms with van der Waals surface area (Å²) in [7, 11) is 0. The van der Waals surface area contributed by atoms with Gasteiger partial charge in [-0.2, -0.15) is 4.39 Å². The zero-order valence-electron chi connectivity index (χ0n) is 7.97. The molecule has 1 aromatic heterocycles. The highest BCUT2D eigenvalue weighted by Gasteiger charge is 2.25. The van der Waals surface area contributed by atoms with Crippen LogP contribution in [0, 0.1) is 11.4 Å². The molecule has 0 saturated heterocycles. The quantitative estimate of drug-likeness (QED) is 0.492. The predicted molar refractivity (Wildman–Crippen MR) is 48.0 cm³/mol. The van der Waals surface area contributed by atoms with Crippen LogP contribution in [0.15, 0.2) is 18.3 Å². The Morgan fingerprint density at radius 2 is 2.08 bits per heavy atom. The Hall–Kier alpha value is -1.25. The van der Waals surface area contributed by atoms with Crippen molar-refractivity contribution < 1.29 is 9.18 Å². The summed E-state index contributed by atoms with van der Waals surface area (Å²) in [5, 5.41) is 0. The van der Waals surface area contributed by atoms with Crippen molar-refractivity contribution in [1.82, 2.24) is 4.98 Å². The van der Waals surface area contributed by atoms with Crippen LogP contribution in [0.2, 0.25) is 0 Å². The number of nitrogens with zero attached hydrogens (tertiary/aromatic N) is 1. The van der Waals surface area contributed by atoms with Crippen LogP contribution in [-0.4, -0.2) is 10.8 Å². The molecule has 0 amide bonds.